The van der Waals surface area contributed by atoms with Crippen LogP contribution in [0.4, 0.5) is 0 Å². The van der Waals surface area contributed by atoms with Crippen molar-refractivity contribution >= 4 is 0 Å². The van der Waals surface area contributed by atoms with Crippen LogP contribution >= 0.6 is 0 Å². The third-order valence-electron chi connectivity index (χ3n) is 8.10. The van der Waals surface area contributed by atoms with Crippen LogP contribution in [0.1, 0.15) is 43.8 Å². The molecule has 5 atom stereocenters. The molecule has 1 fully saturated rings. The Morgan fingerprint density at radius 3 is 2.34 bits per heavy atom. The maximum Gasteiger partial charge on any atom is 0.322 e. The lowest BCUT2D eigenvalue weighted by Gasteiger charge is -2.42. The Balaban J connectivity index is 1.44. The lowest BCUT2D eigenvalue weighted by molar-refractivity contribution is -0.0967. The summed E-state index contributed by atoms with van der Waals surface area (Å²) in [6.07, 6.45) is 7.81. The average molecular weight is 531 g/mol. The summed E-state index contributed by atoms with van der Waals surface area (Å²) in [5.41, 5.74) is 1.05. The van der Waals surface area contributed by atoms with Gasteiger partial charge in [-0.1, -0.05) is 6.08 Å². The first kappa shape index (κ1) is 27.1. The average Bonchev–Trinajstić information content (AvgIpc) is 3.10. The molecule has 0 bridgehead atoms. The standard InChI is InChI=1S/C27H42N6O5/c1-31(2)10-12-36-25-28-24(29-26(30-25)37-13-11-32(3)4)18-6-7-22-27(16-18)8-9-33(35-5)17-19-14-20(34)15-21(38-22)23(19)27/h8-9,18-20,22,34H,6-7,10-17H2,1-5H3/t18?,19?,20-,22?,27?/m1/s1. The molecule has 0 saturated heterocycles. The molecule has 38 heavy (non-hydrogen) atoms. The molecule has 3 heterocycles. The summed E-state index contributed by atoms with van der Waals surface area (Å²) in [7, 11) is 9.71. The lowest BCUT2D eigenvalue weighted by Crippen LogP contribution is -2.40. The minimum atomic E-state index is -0.393. The van der Waals surface area contributed by atoms with Crippen molar-refractivity contribution in [3.8, 4) is 12.0 Å². The Bertz CT molecular complexity index is 1020. The van der Waals surface area contributed by atoms with Gasteiger partial charge in [-0.2, -0.15) is 9.97 Å². The van der Waals surface area contributed by atoms with Crippen molar-refractivity contribution in [2.75, 3.05) is 68.1 Å². The van der Waals surface area contributed by atoms with Gasteiger partial charge in [-0.25, -0.2) is 0 Å². The van der Waals surface area contributed by atoms with Gasteiger partial charge in [0.05, 0.1) is 30.9 Å². The second-order valence-corrected chi connectivity index (χ2v) is 11.4. The Labute approximate surface area is 225 Å². The van der Waals surface area contributed by atoms with Gasteiger partial charge in [0.15, 0.2) is 0 Å². The fourth-order valence-corrected chi connectivity index (χ4v) is 6.29. The van der Waals surface area contributed by atoms with Crippen molar-refractivity contribution in [2.45, 2.75) is 50.2 Å². The molecule has 4 aliphatic rings. The molecule has 4 unspecified atom stereocenters. The van der Waals surface area contributed by atoms with Gasteiger partial charge in [-0.05, 0) is 59.4 Å². The molecule has 2 aliphatic heterocycles. The number of hydrogen-bond acceptors (Lipinski definition) is 11. The van der Waals surface area contributed by atoms with E-state index >= 15 is 0 Å². The number of aliphatic hydroxyl groups excluding tert-OH is 1. The lowest BCUT2D eigenvalue weighted by atomic mass is 9.60. The highest BCUT2D eigenvalue weighted by Crippen LogP contribution is 2.60. The number of nitrogens with zero attached hydrogens (tertiary/aromatic N) is 6. The number of ether oxygens (including phenoxy) is 3. The first-order valence-electron chi connectivity index (χ1n) is 13.7. The molecule has 1 aromatic heterocycles. The highest BCUT2D eigenvalue weighted by Gasteiger charge is 2.57. The maximum atomic E-state index is 10.6. The molecule has 11 nitrogen and oxygen atoms in total. The van der Waals surface area contributed by atoms with Crippen LogP contribution in [0.2, 0.25) is 0 Å². The Hall–Kier alpha value is -2.47. The fraction of sp³-hybridized carbons (Fsp3) is 0.741. The van der Waals surface area contributed by atoms with E-state index in [-0.39, 0.29) is 23.4 Å². The summed E-state index contributed by atoms with van der Waals surface area (Å²) in [6, 6.07) is 0.610. The van der Waals surface area contributed by atoms with Crippen molar-refractivity contribution in [3.63, 3.8) is 0 Å². The topological polar surface area (TPSA) is 106 Å². The fourth-order valence-electron chi connectivity index (χ4n) is 6.29. The highest BCUT2D eigenvalue weighted by molar-refractivity contribution is 5.39. The number of hydrogen-bond donors (Lipinski definition) is 1. The van der Waals surface area contributed by atoms with Crippen molar-refractivity contribution in [1.29, 1.82) is 0 Å². The van der Waals surface area contributed by atoms with Gasteiger partial charge in [0, 0.05) is 37.5 Å². The van der Waals surface area contributed by atoms with E-state index in [1.165, 1.54) is 5.57 Å². The minimum absolute atomic E-state index is 0.0399. The molecule has 1 aromatic rings. The van der Waals surface area contributed by atoms with Crippen molar-refractivity contribution in [2.24, 2.45) is 11.3 Å². The van der Waals surface area contributed by atoms with Crippen LogP contribution in [-0.4, -0.2) is 115 Å². The molecule has 0 radical (unpaired) electrons. The molecule has 2 aliphatic carbocycles. The van der Waals surface area contributed by atoms with Crippen LogP contribution in [0.3, 0.4) is 0 Å². The van der Waals surface area contributed by atoms with E-state index in [2.05, 4.69) is 20.9 Å². The normalized spacial score (nSPS) is 30.3. The predicted octanol–water partition coefficient (Wildman–Crippen LogP) is 1.82. The SMILES string of the molecule is CON1C=CC23CC(c4nc(OCCN(C)C)nc(OCCN(C)C)n4)CCC2OC2=C3C(C[C@@H](O)C2)C1. The zero-order valence-corrected chi connectivity index (χ0v) is 23.3. The van der Waals surface area contributed by atoms with Crippen LogP contribution in [0.15, 0.2) is 23.6 Å². The van der Waals surface area contributed by atoms with Crippen LogP contribution < -0.4 is 9.47 Å². The smallest absolute Gasteiger partial charge is 0.322 e. The number of rotatable bonds is 10. The van der Waals surface area contributed by atoms with E-state index < -0.39 is 6.10 Å². The van der Waals surface area contributed by atoms with E-state index in [0.717, 1.165) is 38.1 Å². The van der Waals surface area contributed by atoms with Crippen LogP contribution in [-0.2, 0) is 9.57 Å². The van der Waals surface area contributed by atoms with E-state index in [9.17, 15) is 5.11 Å². The first-order valence-corrected chi connectivity index (χ1v) is 13.7. The number of hydroxylamine groups is 2. The summed E-state index contributed by atoms with van der Waals surface area (Å²) < 4.78 is 18.4. The van der Waals surface area contributed by atoms with Crippen molar-refractivity contribution < 1.29 is 24.2 Å². The molecule has 11 heteroatoms. The summed E-state index contributed by atoms with van der Waals surface area (Å²) >= 11 is 0. The van der Waals surface area contributed by atoms with Gasteiger partial charge in [-0.3, -0.25) is 9.90 Å². The largest absolute Gasteiger partial charge is 0.493 e. The number of aliphatic hydroxyl groups is 1. The minimum Gasteiger partial charge on any atom is -0.493 e. The second-order valence-electron chi connectivity index (χ2n) is 11.4. The van der Waals surface area contributed by atoms with Crippen molar-refractivity contribution in [3.05, 3.63) is 29.4 Å². The van der Waals surface area contributed by atoms with Gasteiger partial charge in [0.1, 0.15) is 25.1 Å². The van der Waals surface area contributed by atoms with E-state index in [0.29, 0.717) is 50.4 Å². The van der Waals surface area contributed by atoms with Gasteiger partial charge >= 0.3 is 12.0 Å². The molecule has 210 valence electrons. The molecule has 1 saturated carbocycles. The third-order valence-corrected chi connectivity index (χ3v) is 8.10. The van der Waals surface area contributed by atoms with Gasteiger partial charge in [-0.15, -0.1) is 4.98 Å². The molecular formula is C27H42N6O5. The van der Waals surface area contributed by atoms with Crippen LogP contribution in [0, 0.1) is 11.3 Å². The van der Waals surface area contributed by atoms with Crippen LogP contribution in [0.25, 0.3) is 0 Å². The van der Waals surface area contributed by atoms with E-state index in [4.69, 9.17) is 29.0 Å². The Morgan fingerprint density at radius 2 is 1.71 bits per heavy atom. The molecule has 1 spiro atoms. The Morgan fingerprint density at radius 1 is 1.03 bits per heavy atom. The summed E-state index contributed by atoms with van der Waals surface area (Å²) in [5.74, 6) is 1.93. The highest BCUT2D eigenvalue weighted by atomic mass is 16.7. The number of likely N-dealkylation sites (N-methyl/N-ethyl adjacent to an activating group) is 2. The third kappa shape index (κ3) is 5.61. The quantitative estimate of drug-likeness (QED) is 0.479. The van der Waals surface area contributed by atoms with Gasteiger partial charge < -0.3 is 29.1 Å². The second kappa shape index (κ2) is 11.3. The van der Waals surface area contributed by atoms with E-state index in [1.54, 1.807) is 7.11 Å². The van der Waals surface area contributed by atoms with Gasteiger partial charge in [0.2, 0.25) is 0 Å². The zero-order valence-electron chi connectivity index (χ0n) is 23.3. The molecule has 5 rings (SSSR count). The molecular weight excluding hydrogens is 488 g/mol. The summed E-state index contributed by atoms with van der Waals surface area (Å²) in [5, 5.41) is 12.5. The van der Waals surface area contributed by atoms with Crippen molar-refractivity contribution in [1.82, 2.24) is 29.8 Å². The number of aromatic nitrogens is 3. The van der Waals surface area contributed by atoms with Crippen LogP contribution in [0.5, 0.6) is 12.0 Å². The molecule has 0 aromatic carbocycles. The van der Waals surface area contributed by atoms with E-state index in [1.807, 2.05) is 39.5 Å². The Kier molecular flexibility index (Phi) is 8.08. The summed E-state index contributed by atoms with van der Waals surface area (Å²) in [4.78, 5) is 23.7. The predicted molar refractivity (Wildman–Crippen MR) is 140 cm³/mol. The molecule has 0 amide bonds. The molecule has 1 N–H and O–H groups in total. The first-order chi connectivity index (χ1) is 18.3. The monoisotopic (exact) mass is 530 g/mol. The zero-order chi connectivity index (χ0) is 26.9. The van der Waals surface area contributed by atoms with Gasteiger partial charge in [0.25, 0.3) is 0 Å². The summed E-state index contributed by atoms with van der Waals surface area (Å²) in [6.45, 7) is 3.18. The maximum absolute atomic E-state index is 10.6.